The van der Waals surface area contributed by atoms with Crippen molar-refractivity contribution in [1.29, 1.82) is 0 Å². The van der Waals surface area contributed by atoms with Gasteiger partial charge < -0.3 is 5.32 Å². The normalized spacial score (nSPS) is 22.5. The minimum atomic E-state index is -0.270. The standard InChI is InChI=1S/C15H22ClN3O/c1-3-7-19-15(20)14(16)13(10-18-19)17-9-12-6-4-5-11(2)8-12/h3,10-12,17H,1,4-9H2,2H3. The molecule has 0 aliphatic heterocycles. The first-order valence-corrected chi connectivity index (χ1v) is 7.60. The Labute approximate surface area is 124 Å². The highest BCUT2D eigenvalue weighted by Crippen LogP contribution is 2.29. The second-order valence-electron chi connectivity index (χ2n) is 5.67. The van der Waals surface area contributed by atoms with E-state index in [1.54, 1.807) is 12.3 Å². The predicted molar refractivity (Wildman–Crippen MR) is 83.3 cm³/mol. The molecular weight excluding hydrogens is 274 g/mol. The number of halogens is 1. The first-order chi connectivity index (χ1) is 9.61. The van der Waals surface area contributed by atoms with Gasteiger partial charge >= 0.3 is 0 Å². The van der Waals surface area contributed by atoms with Crippen LogP contribution in [0, 0.1) is 11.8 Å². The zero-order valence-electron chi connectivity index (χ0n) is 11.9. The lowest BCUT2D eigenvalue weighted by Gasteiger charge is -2.27. The van der Waals surface area contributed by atoms with Gasteiger partial charge in [-0.2, -0.15) is 5.10 Å². The molecule has 2 rings (SSSR count). The van der Waals surface area contributed by atoms with Crippen LogP contribution in [0.1, 0.15) is 32.6 Å². The minimum Gasteiger partial charge on any atom is -0.382 e. The van der Waals surface area contributed by atoms with E-state index in [1.807, 2.05) is 0 Å². The van der Waals surface area contributed by atoms with E-state index in [0.29, 0.717) is 18.2 Å². The van der Waals surface area contributed by atoms with Crippen LogP contribution in [0.3, 0.4) is 0 Å². The third kappa shape index (κ3) is 3.63. The van der Waals surface area contributed by atoms with E-state index < -0.39 is 0 Å². The maximum absolute atomic E-state index is 12.0. The molecule has 5 heteroatoms. The van der Waals surface area contributed by atoms with E-state index in [4.69, 9.17) is 11.6 Å². The molecule has 110 valence electrons. The molecule has 4 nitrogen and oxygen atoms in total. The van der Waals surface area contributed by atoms with Crippen molar-refractivity contribution in [3.05, 3.63) is 34.2 Å². The Balaban J connectivity index is 2.01. The number of rotatable bonds is 5. The van der Waals surface area contributed by atoms with Gasteiger partial charge in [0, 0.05) is 6.54 Å². The lowest BCUT2D eigenvalue weighted by molar-refractivity contribution is 0.293. The summed E-state index contributed by atoms with van der Waals surface area (Å²) in [5, 5.41) is 7.59. The Morgan fingerprint density at radius 2 is 2.40 bits per heavy atom. The van der Waals surface area contributed by atoms with Gasteiger partial charge in [0.1, 0.15) is 5.02 Å². The van der Waals surface area contributed by atoms with Gasteiger partial charge in [-0.3, -0.25) is 4.79 Å². The van der Waals surface area contributed by atoms with Crippen LogP contribution in [0.4, 0.5) is 5.69 Å². The fourth-order valence-corrected chi connectivity index (χ4v) is 3.05. The number of nitrogens with zero attached hydrogens (tertiary/aromatic N) is 2. The average Bonchev–Trinajstić information content (AvgIpc) is 2.43. The summed E-state index contributed by atoms with van der Waals surface area (Å²) in [7, 11) is 0. The monoisotopic (exact) mass is 295 g/mol. The third-order valence-electron chi connectivity index (χ3n) is 3.91. The number of aromatic nitrogens is 2. The first-order valence-electron chi connectivity index (χ1n) is 7.22. The summed E-state index contributed by atoms with van der Waals surface area (Å²) >= 11 is 6.11. The molecule has 1 aliphatic rings. The van der Waals surface area contributed by atoms with E-state index in [-0.39, 0.29) is 10.6 Å². The van der Waals surface area contributed by atoms with Gasteiger partial charge in [-0.25, -0.2) is 4.68 Å². The minimum absolute atomic E-state index is 0.214. The smallest absolute Gasteiger partial charge is 0.287 e. The van der Waals surface area contributed by atoms with E-state index in [0.717, 1.165) is 12.5 Å². The molecule has 0 bridgehead atoms. The average molecular weight is 296 g/mol. The SMILES string of the molecule is C=CCn1ncc(NCC2CCCC(C)C2)c(Cl)c1=O. The Hall–Kier alpha value is -1.29. The van der Waals surface area contributed by atoms with Crippen LogP contribution in [0.5, 0.6) is 0 Å². The number of anilines is 1. The van der Waals surface area contributed by atoms with Crippen LogP contribution >= 0.6 is 11.6 Å². The molecule has 1 fully saturated rings. The van der Waals surface area contributed by atoms with Crippen molar-refractivity contribution in [2.24, 2.45) is 11.8 Å². The summed E-state index contributed by atoms with van der Waals surface area (Å²) in [6.45, 7) is 7.13. The zero-order valence-corrected chi connectivity index (χ0v) is 12.7. The molecule has 1 aromatic rings. The van der Waals surface area contributed by atoms with Gasteiger partial charge in [-0.15, -0.1) is 6.58 Å². The van der Waals surface area contributed by atoms with Crippen molar-refractivity contribution < 1.29 is 0 Å². The highest BCUT2D eigenvalue weighted by atomic mass is 35.5. The fraction of sp³-hybridized carbons (Fsp3) is 0.600. The number of nitrogens with one attached hydrogen (secondary N) is 1. The summed E-state index contributed by atoms with van der Waals surface area (Å²) in [6.07, 6.45) is 8.36. The molecule has 20 heavy (non-hydrogen) atoms. The Bertz CT molecular complexity index is 526. The summed E-state index contributed by atoms with van der Waals surface area (Å²) in [6, 6.07) is 0. The van der Waals surface area contributed by atoms with E-state index in [1.165, 1.54) is 30.4 Å². The zero-order chi connectivity index (χ0) is 14.5. The molecule has 2 unspecified atom stereocenters. The molecule has 0 radical (unpaired) electrons. The van der Waals surface area contributed by atoms with Crippen molar-refractivity contribution in [1.82, 2.24) is 9.78 Å². The predicted octanol–water partition coefficient (Wildman–Crippen LogP) is 3.32. The molecule has 1 saturated carbocycles. The maximum atomic E-state index is 12.0. The van der Waals surface area contributed by atoms with Crippen molar-refractivity contribution >= 4 is 17.3 Å². The summed E-state index contributed by atoms with van der Waals surface area (Å²) in [5.41, 5.74) is 0.365. The maximum Gasteiger partial charge on any atom is 0.287 e. The number of hydrogen-bond acceptors (Lipinski definition) is 3. The topological polar surface area (TPSA) is 46.9 Å². The summed E-state index contributed by atoms with van der Waals surface area (Å²) < 4.78 is 1.31. The fourth-order valence-electron chi connectivity index (χ4n) is 2.84. The highest BCUT2D eigenvalue weighted by molar-refractivity contribution is 6.32. The molecule has 0 aromatic carbocycles. The Morgan fingerprint density at radius 3 is 3.10 bits per heavy atom. The van der Waals surface area contributed by atoms with Crippen molar-refractivity contribution in [3.63, 3.8) is 0 Å². The molecule has 0 amide bonds. The van der Waals surface area contributed by atoms with E-state index >= 15 is 0 Å². The molecule has 0 saturated heterocycles. The van der Waals surface area contributed by atoms with Crippen LogP contribution < -0.4 is 10.9 Å². The molecular formula is C15H22ClN3O. The highest BCUT2D eigenvalue weighted by Gasteiger charge is 2.19. The quantitative estimate of drug-likeness (QED) is 0.848. The molecule has 1 N–H and O–H groups in total. The van der Waals surface area contributed by atoms with Crippen LogP contribution in [0.2, 0.25) is 5.02 Å². The first kappa shape index (κ1) is 15.1. The largest absolute Gasteiger partial charge is 0.382 e. The Kier molecular flexibility index (Phi) is 5.24. The van der Waals surface area contributed by atoms with E-state index in [9.17, 15) is 4.79 Å². The second-order valence-corrected chi connectivity index (χ2v) is 6.04. The Morgan fingerprint density at radius 1 is 1.60 bits per heavy atom. The molecule has 1 aromatic heterocycles. The van der Waals surface area contributed by atoms with Gasteiger partial charge in [0.25, 0.3) is 5.56 Å². The van der Waals surface area contributed by atoms with Gasteiger partial charge in [-0.1, -0.05) is 37.4 Å². The van der Waals surface area contributed by atoms with Crippen LogP contribution in [0.25, 0.3) is 0 Å². The molecule has 1 heterocycles. The lowest BCUT2D eigenvalue weighted by atomic mass is 9.82. The van der Waals surface area contributed by atoms with Crippen LogP contribution in [0.15, 0.2) is 23.6 Å². The number of allylic oxidation sites excluding steroid dienone is 1. The van der Waals surface area contributed by atoms with Gasteiger partial charge in [0.2, 0.25) is 0 Å². The van der Waals surface area contributed by atoms with Crippen LogP contribution in [-0.4, -0.2) is 16.3 Å². The third-order valence-corrected chi connectivity index (χ3v) is 4.28. The van der Waals surface area contributed by atoms with Crippen molar-refractivity contribution in [2.45, 2.75) is 39.2 Å². The molecule has 0 spiro atoms. The van der Waals surface area contributed by atoms with E-state index in [2.05, 4.69) is 23.9 Å². The number of hydrogen-bond donors (Lipinski definition) is 1. The van der Waals surface area contributed by atoms with Crippen LogP contribution in [-0.2, 0) is 6.54 Å². The van der Waals surface area contributed by atoms with Crippen molar-refractivity contribution in [2.75, 3.05) is 11.9 Å². The van der Waals surface area contributed by atoms with Gasteiger partial charge in [-0.05, 0) is 24.7 Å². The molecule has 1 aliphatic carbocycles. The lowest BCUT2D eigenvalue weighted by Crippen LogP contribution is -2.25. The molecule has 2 atom stereocenters. The van der Waals surface area contributed by atoms with Gasteiger partial charge in [0.15, 0.2) is 0 Å². The summed E-state index contributed by atoms with van der Waals surface area (Å²) in [5.74, 6) is 1.45. The summed E-state index contributed by atoms with van der Waals surface area (Å²) in [4.78, 5) is 12.0. The second kappa shape index (κ2) is 6.93. The van der Waals surface area contributed by atoms with Crippen molar-refractivity contribution in [3.8, 4) is 0 Å². The van der Waals surface area contributed by atoms with Gasteiger partial charge in [0.05, 0.1) is 18.4 Å².